The van der Waals surface area contributed by atoms with Crippen LogP contribution in [0, 0.1) is 5.92 Å². The molecule has 1 atom stereocenters. The number of likely N-dealkylation sites (tertiary alicyclic amines) is 1. The number of nitrogens with two attached hydrogens (primary N) is 1. The molecule has 0 saturated carbocycles. The van der Waals surface area contributed by atoms with E-state index in [9.17, 15) is 4.79 Å². The predicted octanol–water partition coefficient (Wildman–Crippen LogP) is 0.570. The monoisotopic (exact) mass is 227 g/mol. The molecule has 1 amide bonds. The lowest BCUT2D eigenvalue weighted by Gasteiger charge is -2.30. The largest absolute Gasteiger partial charge is 0.352 e. The predicted molar refractivity (Wildman–Crippen MR) is 66.1 cm³/mol. The lowest BCUT2D eigenvalue weighted by Crippen LogP contribution is -2.49. The summed E-state index contributed by atoms with van der Waals surface area (Å²) in [5, 5.41) is 3.05. The molecule has 0 bridgehead atoms. The zero-order valence-electron chi connectivity index (χ0n) is 10.7. The van der Waals surface area contributed by atoms with Crippen molar-refractivity contribution in [1.82, 2.24) is 10.2 Å². The maximum atomic E-state index is 11.8. The normalized spacial score (nSPS) is 21.1. The van der Waals surface area contributed by atoms with Gasteiger partial charge in [-0.2, -0.15) is 0 Å². The highest BCUT2D eigenvalue weighted by molar-refractivity contribution is 5.81. The second kappa shape index (κ2) is 6.21. The van der Waals surface area contributed by atoms with Crippen molar-refractivity contribution in [2.45, 2.75) is 45.2 Å². The van der Waals surface area contributed by atoms with Crippen molar-refractivity contribution < 1.29 is 4.79 Å². The zero-order chi connectivity index (χ0) is 12.1. The van der Waals surface area contributed by atoms with Gasteiger partial charge in [-0.1, -0.05) is 13.8 Å². The number of hydrogen-bond acceptors (Lipinski definition) is 3. The van der Waals surface area contributed by atoms with Gasteiger partial charge in [-0.25, -0.2) is 0 Å². The molecule has 0 aromatic carbocycles. The minimum absolute atomic E-state index is 0.0169. The SMILES string of the molecule is CC(C)C[C@H](N)C(=O)NC1CCN(C)CC1. The van der Waals surface area contributed by atoms with Crippen molar-refractivity contribution in [3.05, 3.63) is 0 Å². The Morgan fingerprint density at radius 2 is 2.00 bits per heavy atom. The van der Waals surface area contributed by atoms with Crippen LogP contribution in [0.4, 0.5) is 0 Å². The van der Waals surface area contributed by atoms with Gasteiger partial charge in [0.2, 0.25) is 5.91 Å². The Hall–Kier alpha value is -0.610. The van der Waals surface area contributed by atoms with Crippen LogP contribution < -0.4 is 11.1 Å². The number of rotatable bonds is 4. The molecule has 0 spiro atoms. The highest BCUT2D eigenvalue weighted by Gasteiger charge is 2.21. The third kappa shape index (κ3) is 4.49. The number of carbonyl (C=O) groups is 1. The molecule has 1 fully saturated rings. The maximum Gasteiger partial charge on any atom is 0.237 e. The van der Waals surface area contributed by atoms with Crippen LogP contribution in [0.1, 0.15) is 33.1 Å². The van der Waals surface area contributed by atoms with Gasteiger partial charge in [-0.3, -0.25) is 4.79 Å². The third-order valence-electron chi connectivity index (χ3n) is 3.13. The molecule has 94 valence electrons. The van der Waals surface area contributed by atoms with Crippen molar-refractivity contribution >= 4 is 5.91 Å². The lowest BCUT2D eigenvalue weighted by atomic mass is 10.0. The van der Waals surface area contributed by atoms with E-state index in [0.29, 0.717) is 12.0 Å². The van der Waals surface area contributed by atoms with Crippen molar-refractivity contribution in [1.29, 1.82) is 0 Å². The van der Waals surface area contributed by atoms with Gasteiger partial charge in [0.25, 0.3) is 0 Å². The van der Waals surface area contributed by atoms with Gasteiger partial charge < -0.3 is 16.0 Å². The summed E-state index contributed by atoms with van der Waals surface area (Å²) in [6.07, 6.45) is 2.84. The molecule has 0 aromatic rings. The molecule has 0 aromatic heterocycles. The average molecular weight is 227 g/mol. The van der Waals surface area contributed by atoms with Gasteiger partial charge >= 0.3 is 0 Å². The van der Waals surface area contributed by atoms with Gasteiger partial charge in [-0.15, -0.1) is 0 Å². The highest BCUT2D eigenvalue weighted by Crippen LogP contribution is 2.09. The molecule has 1 aliphatic rings. The number of nitrogens with one attached hydrogen (secondary N) is 1. The number of piperidine rings is 1. The summed E-state index contributed by atoms with van der Waals surface area (Å²) in [6.45, 7) is 6.29. The first-order chi connectivity index (χ1) is 7.49. The van der Waals surface area contributed by atoms with Gasteiger partial charge in [-0.05, 0) is 45.3 Å². The maximum absolute atomic E-state index is 11.8. The summed E-state index contributed by atoms with van der Waals surface area (Å²) >= 11 is 0. The lowest BCUT2D eigenvalue weighted by molar-refractivity contribution is -0.123. The van der Waals surface area contributed by atoms with Crippen LogP contribution in [0.2, 0.25) is 0 Å². The third-order valence-corrected chi connectivity index (χ3v) is 3.13. The summed E-state index contributed by atoms with van der Waals surface area (Å²) in [5.74, 6) is 0.487. The molecular weight excluding hydrogens is 202 g/mol. The Balaban J connectivity index is 2.28. The first-order valence-corrected chi connectivity index (χ1v) is 6.23. The van der Waals surface area contributed by atoms with Crippen molar-refractivity contribution in [2.24, 2.45) is 11.7 Å². The molecule has 1 rings (SSSR count). The minimum Gasteiger partial charge on any atom is -0.352 e. The van der Waals surface area contributed by atoms with Gasteiger partial charge in [0, 0.05) is 6.04 Å². The Kier molecular flexibility index (Phi) is 5.22. The Bertz CT molecular complexity index is 222. The van der Waals surface area contributed by atoms with Crippen LogP contribution in [0.5, 0.6) is 0 Å². The zero-order valence-corrected chi connectivity index (χ0v) is 10.7. The smallest absolute Gasteiger partial charge is 0.237 e. The van der Waals surface area contributed by atoms with E-state index < -0.39 is 0 Å². The molecule has 1 heterocycles. The van der Waals surface area contributed by atoms with E-state index in [4.69, 9.17) is 5.73 Å². The highest BCUT2D eigenvalue weighted by atomic mass is 16.2. The van der Waals surface area contributed by atoms with Gasteiger partial charge in [0.1, 0.15) is 0 Å². The first-order valence-electron chi connectivity index (χ1n) is 6.23. The minimum atomic E-state index is -0.348. The van der Waals surface area contributed by atoms with Crippen molar-refractivity contribution in [3.63, 3.8) is 0 Å². The number of carbonyl (C=O) groups excluding carboxylic acids is 1. The van der Waals surface area contributed by atoms with Crippen LogP contribution in [0.25, 0.3) is 0 Å². The Labute approximate surface area is 98.6 Å². The molecule has 0 radical (unpaired) electrons. The van der Waals surface area contributed by atoms with E-state index in [1.807, 2.05) is 0 Å². The molecular formula is C12H25N3O. The summed E-state index contributed by atoms with van der Waals surface area (Å²) in [7, 11) is 2.11. The van der Waals surface area contributed by atoms with Gasteiger partial charge in [0.15, 0.2) is 0 Å². The second-order valence-electron chi connectivity index (χ2n) is 5.32. The van der Waals surface area contributed by atoms with Crippen molar-refractivity contribution in [2.75, 3.05) is 20.1 Å². The van der Waals surface area contributed by atoms with E-state index in [1.54, 1.807) is 0 Å². The van der Waals surface area contributed by atoms with Crippen molar-refractivity contribution in [3.8, 4) is 0 Å². The number of hydrogen-bond donors (Lipinski definition) is 2. The molecule has 0 aliphatic carbocycles. The molecule has 16 heavy (non-hydrogen) atoms. The Morgan fingerprint density at radius 3 is 2.50 bits per heavy atom. The van der Waals surface area contributed by atoms with Crippen LogP contribution in [-0.4, -0.2) is 43.0 Å². The summed E-state index contributed by atoms with van der Waals surface area (Å²) in [4.78, 5) is 14.1. The Morgan fingerprint density at radius 1 is 1.44 bits per heavy atom. The van der Waals surface area contributed by atoms with Crippen LogP contribution in [-0.2, 0) is 4.79 Å². The second-order valence-corrected chi connectivity index (χ2v) is 5.32. The van der Waals surface area contributed by atoms with E-state index >= 15 is 0 Å². The molecule has 1 aliphatic heterocycles. The van der Waals surface area contributed by atoms with E-state index in [1.165, 1.54) is 0 Å². The quantitative estimate of drug-likeness (QED) is 0.738. The first kappa shape index (κ1) is 13.5. The fraction of sp³-hybridized carbons (Fsp3) is 0.917. The fourth-order valence-corrected chi connectivity index (χ4v) is 2.08. The average Bonchev–Trinajstić information content (AvgIpc) is 2.20. The summed E-state index contributed by atoms with van der Waals surface area (Å²) < 4.78 is 0. The fourth-order valence-electron chi connectivity index (χ4n) is 2.08. The van der Waals surface area contributed by atoms with Gasteiger partial charge in [0.05, 0.1) is 6.04 Å². The number of amides is 1. The summed E-state index contributed by atoms with van der Waals surface area (Å²) in [5.41, 5.74) is 5.84. The topological polar surface area (TPSA) is 58.4 Å². The standard InChI is InChI=1S/C12H25N3O/c1-9(2)8-11(13)12(16)14-10-4-6-15(3)7-5-10/h9-11H,4-8,13H2,1-3H3,(H,14,16)/t11-/m0/s1. The molecule has 0 unspecified atom stereocenters. The molecule has 4 heteroatoms. The molecule has 1 saturated heterocycles. The van der Waals surface area contributed by atoms with E-state index in [-0.39, 0.29) is 11.9 Å². The molecule has 3 N–H and O–H groups in total. The molecule has 4 nitrogen and oxygen atoms in total. The van der Waals surface area contributed by atoms with E-state index in [0.717, 1.165) is 32.4 Å². The van der Waals surface area contributed by atoms with Crippen LogP contribution >= 0.6 is 0 Å². The van der Waals surface area contributed by atoms with Crippen LogP contribution in [0.3, 0.4) is 0 Å². The number of nitrogens with zero attached hydrogens (tertiary/aromatic N) is 1. The van der Waals surface area contributed by atoms with Crippen LogP contribution in [0.15, 0.2) is 0 Å². The van der Waals surface area contributed by atoms with E-state index in [2.05, 4.69) is 31.1 Å². The summed E-state index contributed by atoms with van der Waals surface area (Å²) in [6, 6.07) is -0.0263.